The van der Waals surface area contributed by atoms with Gasteiger partial charge in [0, 0.05) is 17.0 Å². The molecule has 0 unspecified atom stereocenters. The lowest BCUT2D eigenvalue weighted by atomic mass is 10.1. The fourth-order valence-corrected chi connectivity index (χ4v) is 1.06. The first kappa shape index (κ1) is 14.5. The van der Waals surface area contributed by atoms with Crippen molar-refractivity contribution in [3.8, 4) is 0 Å². The number of hydrogen-bond donors (Lipinski definition) is 2. The van der Waals surface area contributed by atoms with E-state index in [1.807, 2.05) is 13.8 Å². The van der Waals surface area contributed by atoms with Gasteiger partial charge in [0.25, 0.3) is 0 Å². The van der Waals surface area contributed by atoms with Crippen molar-refractivity contribution in [2.45, 2.75) is 26.9 Å². The van der Waals surface area contributed by atoms with Gasteiger partial charge in [0.2, 0.25) is 0 Å². The smallest absolute Gasteiger partial charge is 0.398 e. The second kappa shape index (κ2) is 5.53. The fraction of sp³-hybridized carbons (Fsp3) is 0.364. The van der Waals surface area contributed by atoms with Crippen LogP contribution in [0.15, 0.2) is 18.2 Å². The number of benzene rings is 1. The molecule has 0 atom stereocenters. The van der Waals surface area contributed by atoms with E-state index in [1.165, 1.54) is 6.92 Å². The molecule has 0 bridgehead atoms. The van der Waals surface area contributed by atoms with Gasteiger partial charge in [0.05, 0.1) is 5.56 Å². The molecule has 1 aromatic carbocycles. The van der Waals surface area contributed by atoms with E-state index in [1.54, 1.807) is 0 Å². The summed E-state index contributed by atoms with van der Waals surface area (Å²) < 4.78 is 36.8. The van der Waals surface area contributed by atoms with Crippen LogP contribution in [0.4, 0.5) is 18.9 Å². The summed E-state index contributed by atoms with van der Waals surface area (Å²) in [6.07, 6.45) is -4.39. The number of nitrogens with one attached hydrogen (secondary N) is 1. The molecule has 0 radical (unpaired) electrons. The van der Waals surface area contributed by atoms with E-state index in [9.17, 15) is 13.2 Å². The molecular formula is C11H15F3N2. The van der Waals surface area contributed by atoms with Crippen molar-refractivity contribution in [1.82, 2.24) is 0 Å². The number of nitrogen functional groups attached to an aromatic ring is 1. The molecule has 0 spiro atoms. The van der Waals surface area contributed by atoms with Crippen LogP contribution in [0.5, 0.6) is 0 Å². The summed E-state index contributed by atoms with van der Waals surface area (Å²) in [4.78, 5) is 0. The molecule has 0 heterocycles. The predicted octanol–water partition coefficient (Wildman–Crippen LogP) is 3.70. The number of nitrogens with two attached hydrogens (primary N) is 1. The molecule has 16 heavy (non-hydrogen) atoms. The van der Waals surface area contributed by atoms with Crippen LogP contribution in [0.2, 0.25) is 0 Å². The lowest BCUT2D eigenvalue weighted by Gasteiger charge is -2.10. The molecule has 0 aliphatic heterocycles. The normalized spacial score (nSPS) is 10.4. The lowest BCUT2D eigenvalue weighted by molar-refractivity contribution is -0.137. The average Bonchev–Trinajstić information content (AvgIpc) is 2.19. The van der Waals surface area contributed by atoms with E-state index in [0.29, 0.717) is 0 Å². The van der Waals surface area contributed by atoms with Crippen molar-refractivity contribution in [3.05, 3.63) is 29.3 Å². The summed E-state index contributed by atoms with van der Waals surface area (Å²) in [5.74, 6) is 0. The highest BCUT2D eigenvalue weighted by Crippen LogP contribution is 2.31. The van der Waals surface area contributed by atoms with E-state index >= 15 is 0 Å². The number of hydrogen-bond acceptors (Lipinski definition) is 2. The topological polar surface area (TPSA) is 49.9 Å². The second-order valence-electron chi connectivity index (χ2n) is 2.92. The third-order valence-corrected chi connectivity index (χ3v) is 1.78. The summed E-state index contributed by atoms with van der Waals surface area (Å²) in [6, 6.07) is 2.95. The molecule has 0 saturated carbocycles. The zero-order valence-electron chi connectivity index (χ0n) is 9.44. The molecule has 0 aliphatic rings. The van der Waals surface area contributed by atoms with Crippen LogP contribution >= 0.6 is 0 Å². The number of anilines is 1. The van der Waals surface area contributed by atoms with Gasteiger partial charge in [-0.25, -0.2) is 0 Å². The van der Waals surface area contributed by atoms with Crippen molar-refractivity contribution in [2.75, 3.05) is 5.73 Å². The predicted molar refractivity (Wildman–Crippen MR) is 59.7 cm³/mol. The molecule has 0 amide bonds. The van der Waals surface area contributed by atoms with Crippen molar-refractivity contribution < 1.29 is 13.2 Å². The van der Waals surface area contributed by atoms with E-state index in [2.05, 4.69) is 0 Å². The van der Waals surface area contributed by atoms with Crippen molar-refractivity contribution in [2.24, 2.45) is 0 Å². The third-order valence-electron chi connectivity index (χ3n) is 1.78. The first-order valence-electron chi connectivity index (χ1n) is 4.84. The molecule has 3 N–H and O–H groups in total. The molecule has 1 aromatic rings. The van der Waals surface area contributed by atoms with Crippen LogP contribution in [0.1, 0.15) is 31.9 Å². The Morgan fingerprint density at radius 1 is 1.25 bits per heavy atom. The molecule has 0 aromatic heterocycles. The summed E-state index contributed by atoms with van der Waals surface area (Å²) in [6.45, 7) is 5.39. The van der Waals surface area contributed by atoms with Gasteiger partial charge in [-0.2, -0.15) is 13.2 Å². The monoisotopic (exact) mass is 232 g/mol. The Labute approximate surface area is 92.8 Å². The van der Waals surface area contributed by atoms with E-state index < -0.39 is 11.7 Å². The van der Waals surface area contributed by atoms with Gasteiger partial charge in [0.1, 0.15) is 0 Å². The summed E-state index contributed by atoms with van der Waals surface area (Å²) in [7, 11) is 0. The SMILES string of the molecule is CC.CC(=N)c1cc(C(F)(F)F)ccc1N. The van der Waals surface area contributed by atoms with Crippen molar-refractivity contribution in [1.29, 1.82) is 5.41 Å². The Morgan fingerprint density at radius 2 is 1.75 bits per heavy atom. The number of alkyl halides is 3. The van der Waals surface area contributed by atoms with Crippen LogP contribution in [0.3, 0.4) is 0 Å². The average molecular weight is 232 g/mol. The minimum atomic E-state index is -4.39. The van der Waals surface area contributed by atoms with Crippen LogP contribution in [0, 0.1) is 5.41 Å². The Bertz CT molecular complexity index is 370. The highest BCUT2D eigenvalue weighted by molar-refractivity contribution is 6.01. The van der Waals surface area contributed by atoms with E-state index in [4.69, 9.17) is 11.1 Å². The molecule has 5 heteroatoms. The Morgan fingerprint density at radius 3 is 2.12 bits per heavy atom. The first-order chi connectivity index (χ1) is 7.32. The van der Waals surface area contributed by atoms with Gasteiger partial charge in [-0.3, -0.25) is 0 Å². The van der Waals surface area contributed by atoms with Gasteiger partial charge in [-0.05, 0) is 25.1 Å². The van der Waals surface area contributed by atoms with Crippen molar-refractivity contribution in [3.63, 3.8) is 0 Å². The van der Waals surface area contributed by atoms with E-state index in [-0.39, 0.29) is 17.0 Å². The zero-order valence-corrected chi connectivity index (χ0v) is 9.44. The van der Waals surface area contributed by atoms with Gasteiger partial charge in [0.15, 0.2) is 0 Å². The number of halogens is 3. The maximum atomic E-state index is 12.3. The Balaban J connectivity index is 0.00000106. The maximum Gasteiger partial charge on any atom is 0.416 e. The van der Waals surface area contributed by atoms with Crippen LogP contribution in [-0.2, 0) is 6.18 Å². The van der Waals surface area contributed by atoms with Crippen LogP contribution < -0.4 is 5.73 Å². The quantitative estimate of drug-likeness (QED) is 0.563. The third kappa shape index (κ3) is 3.56. The molecule has 0 fully saturated rings. The molecule has 1 rings (SSSR count). The minimum Gasteiger partial charge on any atom is -0.398 e. The second-order valence-corrected chi connectivity index (χ2v) is 2.92. The largest absolute Gasteiger partial charge is 0.416 e. The molecule has 0 aliphatic carbocycles. The van der Waals surface area contributed by atoms with Crippen molar-refractivity contribution >= 4 is 11.4 Å². The maximum absolute atomic E-state index is 12.3. The van der Waals surface area contributed by atoms with Gasteiger partial charge < -0.3 is 11.1 Å². The molecular weight excluding hydrogens is 217 g/mol. The lowest BCUT2D eigenvalue weighted by Crippen LogP contribution is -2.08. The molecule has 90 valence electrons. The van der Waals surface area contributed by atoms with Gasteiger partial charge in [-0.1, -0.05) is 13.8 Å². The summed E-state index contributed by atoms with van der Waals surface area (Å²) in [5.41, 5.74) is 4.97. The summed E-state index contributed by atoms with van der Waals surface area (Å²) in [5, 5.41) is 7.23. The Kier molecular flexibility index (Phi) is 5.01. The molecule has 0 saturated heterocycles. The standard InChI is InChI=1S/C9H9F3N2.C2H6/c1-5(13)7-4-6(9(10,11)12)2-3-8(7)14;1-2/h2-4,13H,14H2,1H3;1-2H3. The first-order valence-corrected chi connectivity index (χ1v) is 4.84. The van der Waals surface area contributed by atoms with Gasteiger partial charge >= 0.3 is 6.18 Å². The Hall–Kier alpha value is -1.52. The van der Waals surface area contributed by atoms with Gasteiger partial charge in [-0.15, -0.1) is 0 Å². The highest BCUT2D eigenvalue weighted by Gasteiger charge is 2.30. The highest BCUT2D eigenvalue weighted by atomic mass is 19.4. The number of rotatable bonds is 1. The molecule has 2 nitrogen and oxygen atoms in total. The summed E-state index contributed by atoms with van der Waals surface area (Å²) >= 11 is 0. The minimum absolute atomic E-state index is 0.0219. The fourth-order valence-electron chi connectivity index (χ4n) is 1.06. The van der Waals surface area contributed by atoms with Crippen LogP contribution in [-0.4, -0.2) is 5.71 Å². The van der Waals surface area contributed by atoms with E-state index in [0.717, 1.165) is 18.2 Å². The van der Waals surface area contributed by atoms with Crippen LogP contribution in [0.25, 0.3) is 0 Å². The zero-order chi connectivity index (χ0) is 12.9.